The molecule has 0 spiro atoms. The highest BCUT2D eigenvalue weighted by atomic mass is 32.5. The molecule has 238 valence electrons. The Kier molecular flexibility index (Phi) is 7.82. The minimum absolute atomic E-state index is 0.0523. The number of halogens is 6. The van der Waals surface area contributed by atoms with Gasteiger partial charge < -0.3 is 14.6 Å². The molecule has 16 heteroatoms. The van der Waals surface area contributed by atoms with E-state index in [0.29, 0.717) is 5.69 Å². The van der Waals surface area contributed by atoms with Crippen LogP contribution in [0.1, 0.15) is 24.2 Å². The molecule has 5 rings (SSSR count). The number of nitrogens with zero attached hydrogens (tertiary/aromatic N) is 4. The van der Waals surface area contributed by atoms with Gasteiger partial charge in [0.1, 0.15) is 10.7 Å². The maximum Gasteiger partial charge on any atom is 0.347 e. The Hall–Kier alpha value is -4.28. The Labute approximate surface area is 257 Å². The molecule has 8 nitrogen and oxygen atoms in total. The number of rotatable bonds is 7. The van der Waals surface area contributed by atoms with Crippen LogP contribution in [0.3, 0.4) is 0 Å². The van der Waals surface area contributed by atoms with E-state index < -0.39 is 27.0 Å². The van der Waals surface area contributed by atoms with Crippen LogP contribution in [0.4, 0.5) is 40.0 Å². The number of carbonyl (C=O) groups excluding carboxylic acids is 2. The number of benzene rings is 3. The molecule has 1 aromatic heterocycles. The van der Waals surface area contributed by atoms with Crippen LogP contribution < -0.4 is 10.2 Å². The highest BCUT2D eigenvalue weighted by Crippen LogP contribution is 3.02. The van der Waals surface area contributed by atoms with Crippen molar-refractivity contribution in [2.45, 2.75) is 24.8 Å². The van der Waals surface area contributed by atoms with E-state index in [4.69, 9.17) is 4.74 Å². The number of carbonyl (C=O) groups is 2. The van der Waals surface area contributed by atoms with Gasteiger partial charge in [0.2, 0.25) is 5.91 Å². The summed E-state index contributed by atoms with van der Waals surface area (Å²) >= 11 is 1.06. The second kappa shape index (κ2) is 11.0. The number of hydrogen-bond donors (Lipinski definition) is 1. The van der Waals surface area contributed by atoms with Crippen LogP contribution in [-0.4, -0.2) is 39.5 Å². The average molecular weight is 670 g/mol. The van der Waals surface area contributed by atoms with Gasteiger partial charge in [-0.05, 0) is 61.9 Å². The van der Waals surface area contributed by atoms with Crippen molar-refractivity contribution in [1.29, 1.82) is 0 Å². The molecule has 45 heavy (non-hydrogen) atoms. The summed E-state index contributed by atoms with van der Waals surface area (Å²) in [7, 11) is -8.28. The number of amides is 3. The van der Waals surface area contributed by atoms with Crippen LogP contribution in [0.15, 0.2) is 83.1 Å². The summed E-state index contributed by atoms with van der Waals surface area (Å²) in [6.07, 6.45) is 2.25. The Morgan fingerprint density at radius 1 is 1.07 bits per heavy atom. The van der Waals surface area contributed by atoms with Gasteiger partial charge in [0.15, 0.2) is 5.17 Å². The van der Waals surface area contributed by atoms with Crippen LogP contribution in [0.2, 0.25) is 0 Å². The molecule has 1 unspecified atom stereocenters. The topological polar surface area (TPSA) is 88.8 Å². The SMILES string of the molecule is COC(C)c1ccc(C)cc1N1C(=O)CS/C1=N\C(=O)Nc1ccc(-c2cn(-c3ccc(S(F)(F)(F)(F)F)cc3)cn2)cc1F. The zero-order valence-corrected chi connectivity index (χ0v) is 25.4. The van der Waals surface area contributed by atoms with Crippen molar-refractivity contribution in [3.63, 3.8) is 0 Å². The van der Waals surface area contributed by atoms with E-state index in [0.717, 1.165) is 41.1 Å². The fourth-order valence-electron chi connectivity index (χ4n) is 4.49. The Morgan fingerprint density at radius 2 is 1.78 bits per heavy atom. The molecule has 1 aliphatic heterocycles. The highest BCUT2D eigenvalue weighted by Gasteiger charge is 2.65. The molecule has 1 fully saturated rings. The van der Waals surface area contributed by atoms with E-state index in [2.05, 4.69) is 15.3 Å². The van der Waals surface area contributed by atoms with Gasteiger partial charge >= 0.3 is 16.3 Å². The molecule has 0 saturated carbocycles. The highest BCUT2D eigenvalue weighted by molar-refractivity contribution is 8.45. The molecule has 3 aromatic carbocycles. The number of amidine groups is 1. The van der Waals surface area contributed by atoms with E-state index in [1.165, 1.54) is 41.2 Å². The standard InChI is InChI=1S/C29H25F6N5O3S2/c1-17-4-10-22(18(2)43-3)26(12-17)40-27(41)15-44-29(40)38-28(42)37-24-11-5-19(13-23(24)30)25-14-39(16-36-25)20-6-8-21(9-7-20)45(31,32,33,34)35/h4-14,16,18H,15H2,1-3H3,(H,37,42)/b38-29-. The van der Waals surface area contributed by atoms with E-state index >= 15 is 4.39 Å². The maximum absolute atomic E-state index is 15.0. The normalized spacial score (nSPS) is 16.9. The van der Waals surface area contributed by atoms with Crippen LogP contribution >= 0.6 is 22.0 Å². The first-order valence-corrected chi connectivity index (χ1v) is 16.0. The van der Waals surface area contributed by atoms with Crippen molar-refractivity contribution < 1.29 is 38.1 Å². The summed E-state index contributed by atoms with van der Waals surface area (Å²) in [5, 5.41) is 2.48. The largest absolute Gasteiger partial charge is 0.377 e. The number of aliphatic imine (C=N–C) groups is 1. The first kappa shape index (κ1) is 32.1. The van der Waals surface area contributed by atoms with Crippen LogP contribution in [-0.2, 0) is 9.53 Å². The number of aryl methyl sites for hydroxylation is 1. The van der Waals surface area contributed by atoms with Gasteiger partial charge in [0, 0.05) is 30.1 Å². The van der Waals surface area contributed by atoms with E-state index in [-0.39, 0.29) is 57.7 Å². The lowest BCUT2D eigenvalue weighted by molar-refractivity contribution is -0.115. The Bertz CT molecular complexity index is 1850. The van der Waals surface area contributed by atoms with Crippen molar-refractivity contribution in [1.82, 2.24) is 9.55 Å². The fourth-order valence-corrected chi connectivity index (χ4v) is 6.00. The summed E-state index contributed by atoms with van der Waals surface area (Å²) in [6.45, 7) is 3.68. The summed E-state index contributed by atoms with van der Waals surface area (Å²) in [6, 6.07) is 10.7. The lowest BCUT2D eigenvalue weighted by atomic mass is 10.0. The van der Waals surface area contributed by atoms with E-state index in [1.54, 1.807) is 6.07 Å². The van der Waals surface area contributed by atoms with Crippen LogP contribution in [0.25, 0.3) is 16.9 Å². The van der Waals surface area contributed by atoms with Crippen LogP contribution in [0, 0.1) is 12.7 Å². The Morgan fingerprint density at radius 3 is 2.42 bits per heavy atom. The smallest absolute Gasteiger partial charge is 0.347 e. The molecule has 1 aliphatic rings. The van der Waals surface area contributed by atoms with E-state index in [1.807, 2.05) is 26.0 Å². The molecule has 1 atom stereocenters. The molecule has 0 radical (unpaired) electrons. The summed E-state index contributed by atoms with van der Waals surface area (Å²) in [4.78, 5) is 33.1. The minimum atomic E-state index is -9.81. The molecule has 4 aromatic rings. The zero-order valence-electron chi connectivity index (χ0n) is 23.8. The predicted octanol–water partition coefficient (Wildman–Crippen LogP) is 9.02. The monoisotopic (exact) mass is 669 g/mol. The van der Waals surface area contributed by atoms with Crippen molar-refractivity contribution in [2.24, 2.45) is 4.99 Å². The predicted molar refractivity (Wildman–Crippen MR) is 163 cm³/mol. The number of hydrogen-bond acceptors (Lipinski definition) is 5. The third-order valence-electron chi connectivity index (χ3n) is 6.85. The summed E-state index contributed by atoms with van der Waals surface area (Å²) in [5.74, 6) is -1.07. The number of aromatic nitrogens is 2. The molecule has 0 bridgehead atoms. The van der Waals surface area contributed by atoms with E-state index in [9.17, 15) is 29.0 Å². The number of urea groups is 1. The molecule has 2 heterocycles. The van der Waals surface area contributed by atoms with Gasteiger partial charge in [-0.3, -0.25) is 9.69 Å². The van der Waals surface area contributed by atoms with Crippen LogP contribution in [0.5, 0.6) is 0 Å². The lowest BCUT2D eigenvalue weighted by Gasteiger charge is -2.40. The molecular weight excluding hydrogens is 644 g/mol. The molecule has 0 aliphatic carbocycles. The lowest BCUT2D eigenvalue weighted by Crippen LogP contribution is -2.31. The van der Waals surface area contributed by atoms with Crippen molar-refractivity contribution in [2.75, 3.05) is 23.1 Å². The van der Waals surface area contributed by atoms with Gasteiger partial charge in [-0.1, -0.05) is 49.4 Å². The number of anilines is 2. The van der Waals surface area contributed by atoms with Crippen molar-refractivity contribution in [3.8, 4) is 16.9 Å². The van der Waals surface area contributed by atoms with Gasteiger partial charge in [0.25, 0.3) is 0 Å². The second-order valence-corrected chi connectivity index (χ2v) is 13.5. The summed E-state index contributed by atoms with van der Waals surface area (Å²) in [5.41, 5.74) is 2.52. The number of thioether (sulfide) groups is 1. The minimum Gasteiger partial charge on any atom is -0.377 e. The molecule has 1 N–H and O–H groups in total. The first-order chi connectivity index (χ1) is 20.9. The van der Waals surface area contributed by atoms with Gasteiger partial charge in [-0.25, -0.2) is 14.2 Å². The summed E-state index contributed by atoms with van der Waals surface area (Å²) < 4.78 is 86.9. The quantitative estimate of drug-likeness (QED) is 0.199. The maximum atomic E-state index is 15.0. The van der Waals surface area contributed by atoms with Crippen molar-refractivity contribution >= 4 is 50.5 Å². The third-order valence-corrected chi connectivity index (χ3v) is 8.94. The number of ether oxygens (including phenoxy) is 1. The third kappa shape index (κ3) is 7.02. The fraction of sp³-hybridized carbons (Fsp3) is 0.172. The zero-order chi connectivity index (χ0) is 32.8. The van der Waals surface area contributed by atoms with Crippen molar-refractivity contribution in [3.05, 3.63) is 90.1 Å². The first-order valence-electron chi connectivity index (χ1n) is 13.1. The van der Waals surface area contributed by atoms with Gasteiger partial charge in [-0.2, -0.15) is 4.99 Å². The van der Waals surface area contributed by atoms with Gasteiger partial charge in [-0.15, -0.1) is 0 Å². The molecule has 1 saturated heterocycles. The number of nitrogens with one attached hydrogen (secondary N) is 1. The second-order valence-electron chi connectivity index (χ2n) is 10.1. The molecule has 3 amide bonds. The average Bonchev–Trinajstić information content (AvgIpc) is 3.59. The Balaban J connectivity index is 1.33. The number of methoxy groups -OCH3 is 1. The molecular formula is C29H25F6N5O3S2. The van der Waals surface area contributed by atoms with Gasteiger partial charge in [0.05, 0.1) is 35.3 Å². The number of imidazole rings is 1.